The number of piperidine rings is 1. The first-order chi connectivity index (χ1) is 3.93. The molecular formula is C5H11IN2. The van der Waals surface area contributed by atoms with E-state index in [1.165, 1.54) is 19.4 Å². The molecule has 0 amide bonds. The van der Waals surface area contributed by atoms with Crippen LogP contribution in [0.15, 0.2) is 0 Å². The van der Waals surface area contributed by atoms with E-state index in [-0.39, 0.29) is 0 Å². The average molecular weight is 226 g/mol. The molecule has 0 unspecified atom stereocenters. The second kappa shape index (κ2) is 3.63. The van der Waals surface area contributed by atoms with Crippen LogP contribution in [-0.4, -0.2) is 19.1 Å². The summed E-state index contributed by atoms with van der Waals surface area (Å²) in [5, 5.41) is 3.32. The van der Waals surface area contributed by atoms with Gasteiger partial charge in [0.1, 0.15) is 0 Å². The van der Waals surface area contributed by atoms with E-state index in [9.17, 15) is 0 Å². The standard InChI is InChI=1S/C5H11IN2/c6-8-5-2-1-3-7-4-5/h5,7-8H,1-4H2/t5-/m0/s1. The van der Waals surface area contributed by atoms with Gasteiger partial charge in [-0.1, -0.05) is 0 Å². The SMILES string of the molecule is IN[C@H]1CCCNC1. The number of hydrogen-bond acceptors (Lipinski definition) is 2. The normalized spacial score (nSPS) is 30.4. The molecule has 0 aliphatic carbocycles. The molecule has 3 heteroatoms. The van der Waals surface area contributed by atoms with E-state index in [0.29, 0.717) is 6.04 Å². The predicted molar refractivity (Wildman–Crippen MR) is 43.0 cm³/mol. The van der Waals surface area contributed by atoms with Gasteiger partial charge in [-0.3, -0.25) is 3.53 Å². The molecule has 8 heavy (non-hydrogen) atoms. The molecule has 1 aliphatic rings. The smallest absolute Gasteiger partial charge is 0.0288 e. The van der Waals surface area contributed by atoms with Crippen molar-refractivity contribution in [2.75, 3.05) is 13.1 Å². The molecule has 1 atom stereocenters. The molecule has 48 valence electrons. The van der Waals surface area contributed by atoms with Gasteiger partial charge in [0.25, 0.3) is 0 Å². The molecule has 1 heterocycles. The zero-order valence-electron chi connectivity index (χ0n) is 4.78. The van der Waals surface area contributed by atoms with Gasteiger partial charge < -0.3 is 5.32 Å². The highest BCUT2D eigenvalue weighted by atomic mass is 127. The highest BCUT2D eigenvalue weighted by molar-refractivity contribution is 14.1. The fourth-order valence-corrected chi connectivity index (χ4v) is 1.48. The third-order valence-electron chi connectivity index (χ3n) is 1.45. The molecule has 0 aromatic heterocycles. The fourth-order valence-electron chi connectivity index (χ4n) is 0.945. The van der Waals surface area contributed by atoms with Crippen LogP contribution in [0.25, 0.3) is 0 Å². The van der Waals surface area contributed by atoms with Crippen LogP contribution in [0.3, 0.4) is 0 Å². The quantitative estimate of drug-likeness (QED) is 0.507. The molecular weight excluding hydrogens is 215 g/mol. The lowest BCUT2D eigenvalue weighted by molar-refractivity contribution is 0.448. The molecule has 1 fully saturated rings. The first kappa shape index (κ1) is 6.77. The van der Waals surface area contributed by atoms with Gasteiger partial charge in [-0.25, -0.2) is 0 Å². The maximum atomic E-state index is 3.32. The van der Waals surface area contributed by atoms with Crippen LogP contribution < -0.4 is 8.85 Å². The van der Waals surface area contributed by atoms with E-state index in [4.69, 9.17) is 0 Å². The van der Waals surface area contributed by atoms with Gasteiger partial charge in [-0.2, -0.15) is 0 Å². The summed E-state index contributed by atoms with van der Waals surface area (Å²) >= 11 is 2.22. The van der Waals surface area contributed by atoms with Crippen molar-refractivity contribution in [1.29, 1.82) is 0 Å². The lowest BCUT2D eigenvalue weighted by Crippen LogP contribution is -2.38. The molecule has 1 aliphatic heterocycles. The summed E-state index contributed by atoms with van der Waals surface area (Å²) in [5.74, 6) is 0. The Morgan fingerprint density at radius 3 is 2.88 bits per heavy atom. The highest BCUT2D eigenvalue weighted by Gasteiger charge is 2.09. The zero-order valence-corrected chi connectivity index (χ0v) is 6.94. The minimum Gasteiger partial charge on any atom is -0.315 e. The van der Waals surface area contributed by atoms with Crippen molar-refractivity contribution in [2.24, 2.45) is 0 Å². The van der Waals surface area contributed by atoms with Crippen molar-refractivity contribution in [1.82, 2.24) is 8.85 Å². The van der Waals surface area contributed by atoms with Crippen molar-refractivity contribution >= 4 is 22.9 Å². The van der Waals surface area contributed by atoms with Crippen molar-refractivity contribution < 1.29 is 0 Å². The Balaban J connectivity index is 2.13. The van der Waals surface area contributed by atoms with Crippen LogP contribution in [0.5, 0.6) is 0 Å². The molecule has 0 bridgehead atoms. The number of rotatable bonds is 1. The van der Waals surface area contributed by atoms with Crippen molar-refractivity contribution in [3.05, 3.63) is 0 Å². The summed E-state index contributed by atoms with van der Waals surface area (Å²) in [5.41, 5.74) is 0. The highest BCUT2D eigenvalue weighted by Crippen LogP contribution is 2.01. The number of halogens is 1. The van der Waals surface area contributed by atoms with Crippen molar-refractivity contribution in [3.63, 3.8) is 0 Å². The fraction of sp³-hybridized carbons (Fsp3) is 1.00. The maximum absolute atomic E-state index is 3.32. The molecule has 2 N–H and O–H groups in total. The third-order valence-corrected chi connectivity index (χ3v) is 2.33. The molecule has 1 rings (SSSR count). The van der Waals surface area contributed by atoms with Crippen LogP contribution in [0.2, 0.25) is 0 Å². The van der Waals surface area contributed by atoms with E-state index in [2.05, 4.69) is 31.7 Å². The van der Waals surface area contributed by atoms with E-state index in [1.807, 2.05) is 0 Å². The summed E-state index contributed by atoms with van der Waals surface area (Å²) in [4.78, 5) is 0. The summed E-state index contributed by atoms with van der Waals surface area (Å²) < 4.78 is 3.21. The Labute approximate surface area is 63.9 Å². The van der Waals surface area contributed by atoms with Gasteiger partial charge in [0.15, 0.2) is 0 Å². The Kier molecular flexibility index (Phi) is 3.07. The summed E-state index contributed by atoms with van der Waals surface area (Å²) in [6.45, 7) is 2.34. The molecule has 0 spiro atoms. The average Bonchev–Trinajstić information content (AvgIpc) is 1.90. The Bertz CT molecular complexity index is 61.4. The van der Waals surface area contributed by atoms with Crippen LogP contribution in [0.4, 0.5) is 0 Å². The Morgan fingerprint density at radius 1 is 1.62 bits per heavy atom. The monoisotopic (exact) mass is 226 g/mol. The molecule has 0 radical (unpaired) electrons. The molecule has 2 nitrogen and oxygen atoms in total. The summed E-state index contributed by atoms with van der Waals surface area (Å²) in [6.07, 6.45) is 2.65. The van der Waals surface area contributed by atoms with E-state index in [0.717, 1.165) is 6.54 Å². The van der Waals surface area contributed by atoms with Crippen LogP contribution in [0.1, 0.15) is 12.8 Å². The largest absolute Gasteiger partial charge is 0.315 e. The lowest BCUT2D eigenvalue weighted by Gasteiger charge is -2.20. The molecule has 1 saturated heterocycles. The first-order valence-corrected chi connectivity index (χ1v) is 4.08. The van der Waals surface area contributed by atoms with E-state index >= 15 is 0 Å². The van der Waals surface area contributed by atoms with Crippen molar-refractivity contribution in [2.45, 2.75) is 18.9 Å². The van der Waals surface area contributed by atoms with Gasteiger partial charge in [0.2, 0.25) is 0 Å². The van der Waals surface area contributed by atoms with Crippen LogP contribution >= 0.6 is 22.9 Å². The Morgan fingerprint density at radius 2 is 2.50 bits per heavy atom. The number of hydrogen-bond donors (Lipinski definition) is 2. The maximum Gasteiger partial charge on any atom is 0.0288 e. The third kappa shape index (κ3) is 1.87. The summed E-state index contributed by atoms with van der Waals surface area (Å²) in [6, 6.07) is 0.712. The van der Waals surface area contributed by atoms with Gasteiger partial charge in [-0.15, -0.1) is 0 Å². The zero-order chi connectivity index (χ0) is 5.82. The minimum atomic E-state index is 0.712. The predicted octanol–water partition coefficient (Wildman–Crippen LogP) is 0.678. The Hall–Kier alpha value is 0.650. The minimum absolute atomic E-state index is 0.712. The molecule has 0 saturated carbocycles. The number of nitrogens with one attached hydrogen (secondary N) is 2. The molecule has 0 aromatic carbocycles. The van der Waals surface area contributed by atoms with Crippen molar-refractivity contribution in [3.8, 4) is 0 Å². The van der Waals surface area contributed by atoms with Crippen LogP contribution in [-0.2, 0) is 0 Å². The van der Waals surface area contributed by atoms with E-state index < -0.39 is 0 Å². The second-order valence-electron chi connectivity index (χ2n) is 2.15. The van der Waals surface area contributed by atoms with Gasteiger partial charge in [0.05, 0.1) is 0 Å². The topological polar surface area (TPSA) is 24.1 Å². The van der Waals surface area contributed by atoms with Gasteiger partial charge in [0, 0.05) is 35.5 Å². The summed E-state index contributed by atoms with van der Waals surface area (Å²) in [7, 11) is 0. The van der Waals surface area contributed by atoms with Crippen LogP contribution in [0, 0.1) is 0 Å². The van der Waals surface area contributed by atoms with Gasteiger partial charge in [-0.05, 0) is 19.4 Å². The first-order valence-electron chi connectivity index (χ1n) is 3.00. The lowest BCUT2D eigenvalue weighted by atomic mass is 10.1. The second-order valence-corrected chi connectivity index (χ2v) is 2.78. The molecule has 0 aromatic rings. The van der Waals surface area contributed by atoms with Gasteiger partial charge >= 0.3 is 0 Å². The van der Waals surface area contributed by atoms with E-state index in [1.54, 1.807) is 0 Å².